The summed E-state index contributed by atoms with van der Waals surface area (Å²) in [5.74, 6) is 1.01. The van der Waals surface area contributed by atoms with E-state index in [4.69, 9.17) is 0 Å². The van der Waals surface area contributed by atoms with Gasteiger partial charge < -0.3 is 0 Å². The molecule has 2 N–H and O–H groups in total. The number of likely N-dealkylation sites (tertiary alicyclic amines) is 1. The molecular weight excluding hydrogens is 356 g/mol. The lowest BCUT2D eigenvalue weighted by molar-refractivity contribution is -0.125. The number of hydrogen-bond donors (Lipinski definition) is 2. The number of amides is 1. The van der Waals surface area contributed by atoms with Crippen molar-refractivity contribution in [1.82, 2.24) is 20.7 Å². The molecule has 0 aromatic heterocycles. The lowest BCUT2D eigenvalue weighted by Crippen LogP contribution is -2.67. The van der Waals surface area contributed by atoms with E-state index in [0.717, 1.165) is 12.5 Å². The number of piperazine rings is 1. The molecule has 3 heterocycles. The fraction of sp³-hybridized carbons (Fsp3) is 0.941. The average molecular weight is 385 g/mol. The van der Waals surface area contributed by atoms with Crippen LogP contribution in [-0.4, -0.2) is 64.8 Å². The Morgan fingerprint density at radius 2 is 1.74 bits per heavy atom. The zero-order valence-electron chi connectivity index (χ0n) is 13.8. The molecule has 4 aliphatic rings. The van der Waals surface area contributed by atoms with Gasteiger partial charge in [0.05, 0.1) is 0 Å². The third-order valence-electron chi connectivity index (χ3n) is 6.35. The molecule has 0 aromatic rings. The smallest absolute Gasteiger partial charge is 0.249 e. The minimum atomic E-state index is -0.0863. The van der Waals surface area contributed by atoms with Crippen LogP contribution in [0.25, 0.3) is 0 Å². The summed E-state index contributed by atoms with van der Waals surface area (Å²) in [5.41, 5.74) is 5.81. The van der Waals surface area contributed by atoms with Crippen molar-refractivity contribution in [2.24, 2.45) is 5.92 Å². The zero-order chi connectivity index (χ0) is 15.8. The lowest BCUT2D eigenvalue weighted by Gasteiger charge is -2.48. The Balaban J connectivity index is 1.38. The number of halogens is 1. The van der Waals surface area contributed by atoms with Crippen molar-refractivity contribution in [1.29, 1.82) is 0 Å². The fourth-order valence-corrected chi connectivity index (χ4v) is 5.87. The van der Waals surface area contributed by atoms with Crippen molar-refractivity contribution in [2.75, 3.05) is 26.2 Å². The largest absolute Gasteiger partial charge is 0.300 e. The molecule has 130 valence electrons. The summed E-state index contributed by atoms with van der Waals surface area (Å²) >= 11 is 3.63. The summed E-state index contributed by atoms with van der Waals surface area (Å²) in [4.78, 5) is 17.2. The number of hydrazine groups is 1. The summed E-state index contributed by atoms with van der Waals surface area (Å²) in [6.45, 7) is 4.55. The quantitative estimate of drug-likeness (QED) is 0.723. The van der Waals surface area contributed by atoms with Crippen LogP contribution in [0.1, 0.15) is 44.9 Å². The molecule has 5 nitrogen and oxygen atoms in total. The highest BCUT2D eigenvalue weighted by Crippen LogP contribution is 2.35. The van der Waals surface area contributed by atoms with E-state index in [1.165, 1.54) is 64.6 Å². The maximum atomic E-state index is 12.0. The number of nitrogens with zero attached hydrogens (tertiary/aromatic N) is 2. The first-order valence-corrected chi connectivity index (χ1v) is 10.3. The highest BCUT2D eigenvalue weighted by atomic mass is 79.9. The molecule has 0 aromatic carbocycles. The van der Waals surface area contributed by atoms with Gasteiger partial charge in [0.15, 0.2) is 0 Å². The summed E-state index contributed by atoms with van der Waals surface area (Å²) < 4.78 is 0. The van der Waals surface area contributed by atoms with Gasteiger partial charge in [0.2, 0.25) is 5.91 Å². The van der Waals surface area contributed by atoms with Crippen molar-refractivity contribution in [3.8, 4) is 0 Å². The Morgan fingerprint density at radius 1 is 1.04 bits per heavy atom. The van der Waals surface area contributed by atoms with Crippen LogP contribution in [0.5, 0.6) is 0 Å². The standard InChI is InChI=1S/C17H29BrN4O/c18-16-15(8-19-20-17(16)23)22-13-6-7-14(22)11-21(10-13)9-12-4-2-1-3-5-12/h12-16,19H,1-11H2,(H,20,23). The topological polar surface area (TPSA) is 47.6 Å². The van der Waals surface area contributed by atoms with Gasteiger partial charge in [-0.2, -0.15) is 0 Å². The number of hydrogen-bond acceptors (Lipinski definition) is 4. The van der Waals surface area contributed by atoms with Gasteiger partial charge in [-0.3, -0.25) is 20.0 Å². The van der Waals surface area contributed by atoms with Gasteiger partial charge in [-0.1, -0.05) is 35.2 Å². The number of carbonyl (C=O) groups is 1. The van der Waals surface area contributed by atoms with Crippen LogP contribution in [0.4, 0.5) is 0 Å². The number of carbonyl (C=O) groups excluding carboxylic acids is 1. The van der Waals surface area contributed by atoms with Crippen LogP contribution in [0.2, 0.25) is 0 Å². The van der Waals surface area contributed by atoms with E-state index in [1.807, 2.05) is 0 Å². The zero-order valence-corrected chi connectivity index (χ0v) is 15.4. The van der Waals surface area contributed by atoms with Gasteiger partial charge in [-0.05, 0) is 31.6 Å². The van der Waals surface area contributed by atoms with E-state index in [1.54, 1.807) is 0 Å². The molecule has 4 fully saturated rings. The van der Waals surface area contributed by atoms with Crippen LogP contribution in [-0.2, 0) is 4.79 Å². The first-order valence-electron chi connectivity index (χ1n) is 9.39. The Bertz CT molecular complexity index is 428. The number of rotatable bonds is 3. The fourth-order valence-electron chi connectivity index (χ4n) is 5.29. The van der Waals surface area contributed by atoms with Gasteiger partial charge in [-0.15, -0.1) is 0 Å². The van der Waals surface area contributed by atoms with E-state index in [2.05, 4.69) is 36.6 Å². The molecule has 4 rings (SSSR count). The summed E-state index contributed by atoms with van der Waals surface area (Å²) in [6, 6.07) is 1.56. The molecule has 1 aliphatic carbocycles. The first kappa shape index (κ1) is 16.3. The molecule has 23 heavy (non-hydrogen) atoms. The summed E-state index contributed by atoms with van der Waals surface area (Å²) in [7, 11) is 0. The highest BCUT2D eigenvalue weighted by molar-refractivity contribution is 9.10. The molecule has 3 aliphatic heterocycles. The Morgan fingerprint density at radius 3 is 2.43 bits per heavy atom. The summed E-state index contributed by atoms with van der Waals surface area (Å²) in [5, 5.41) is 0. The van der Waals surface area contributed by atoms with Gasteiger partial charge in [-0.25, -0.2) is 5.43 Å². The van der Waals surface area contributed by atoms with Gasteiger partial charge in [0.25, 0.3) is 0 Å². The molecule has 1 saturated carbocycles. The van der Waals surface area contributed by atoms with Gasteiger partial charge in [0, 0.05) is 44.3 Å². The second kappa shape index (κ2) is 6.98. The van der Waals surface area contributed by atoms with Crippen molar-refractivity contribution >= 4 is 21.8 Å². The number of nitrogens with one attached hydrogen (secondary N) is 2. The molecule has 2 bridgehead atoms. The van der Waals surface area contributed by atoms with Crippen molar-refractivity contribution in [2.45, 2.75) is 67.9 Å². The molecule has 4 unspecified atom stereocenters. The predicted octanol–water partition coefficient (Wildman–Crippen LogP) is 1.48. The minimum absolute atomic E-state index is 0.0743. The minimum Gasteiger partial charge on any atom is -0.300 e. The molecule has 6 heteroatoms. The average Bonchev–Trinajstić information content (AvgIpc) is 2.82. The Kier molecular flexibility index (Phi) is 4.95. The van der Waals surface area contributed by atoms with E-state index in [0.29, 0.717) is 12.1 Å². The van der Waals surface area contributed by atoms with Crippen LogP contribution >= 0.6 is 15.9 Å². The van der Waals surface area contributed by atoms with Crippen molar-refractivity contribution < 1.29 is 4.79 Å². The molecule has 0 radical (unpaired) electrons. The second-order valence-corrected chi connectivity index (χ2v) is 8.88. The van der Waals surface area contributed by atoms with Crippen LogP contribution in [0, 0.1) is 5.92 Å². The van der Waals surface area contributed by atoms with E-state index >= 15 is 0 Å². The maximum absolute atomic E-state index is 12.0. The van der Waals surface area contributed by atoms with Crippen LogP contribution in [0.15, 0.2) is 0 Å². The molecule has 1 amide bonds. The molecule has 3 saturated heterocycles. The van der Waals surface area contributed by atoms with Gasteiger partial charge >= 0.3 is 0 Å². The summed E-state index contributed by atoms with van der Waals surface area (Å²) in [6.07, 6.45) is 9.78. The Labute approximate surface area is 147 Å². The molecule has 0 spiro atoms. The predicted molar refractivity (Wildman–Crippen MR) is 94.3 cm³/mol. The van der Waals surface area contributed by atoms with E-state index < -0.39 is 0 Å². The van der Waals surface area contributed by atoms with Gasteiger partial charge in [0.1, 0.15) is 4.83 Å². The normalized spacial score (nSPS) is 40.3. The molecular formula is C17H29BrN4O. The molecule has 4 atom stereocenters. The highest BCUT2D eigenvalue weighted by Gasteiger charge is 2.47. The van der Waals surface area contributed by atoms with E-state index in [9.17, 15) is 4.79 Å². The van der Waals surface area contributed by atoms with Crippen molar-refractivity contribution in [3.63, 3.8) is 0 Å². The number of alkyl halides is 1. The van der Waals surface area contributed by atoms with Crippen LogP contribution in [0.3, 0.4) is 0 Å². The monoisotopic (exact) mass is 384 g/mol. The third kappa shape index (κ3) is 3.32. The SMILES string of the molecule is O=C1NNCC(N2C3CCC2CN(CC2CCCCC2)C3)C1Br. The third-order valence-corrected chi connectivity index (χ3v) is 7.38. The Hall–Kier alpha value is -0.170. The number of fused-ring (bicyclic) bond motifs is 2. The van der Waals surface area contributed by atoms with E-state index in [-0.39, 0.29) is 16.8 Å². The van der Waals surface area contributed by atoms with Crippen molar-refractivity contribution in [3.05, 3.63) is 0 Å². The first-order chi connectivity index (χ1) is 11.2. The lowest BCUT2D eigenvalue weighted by atomic mass is 9.88. The second-order valence-electron chi connectivity index (χ2n) is 7.89. The van der Waals surface area contributed by atoms with Crippen LogP contribution < -0.4 is 10.9 Å². The maximum Gasteiger partial charge on any atom is 0.249 e.